The first-order valence-electron chi connectivity index (χ1n) is 10.7. The highest BCUT2D eigenvalue weighted by Crippen LogP contribution is 2.44. The standard InChI is InChI=1S/C26H22BrN3O3/c27-18-11-9-17(10-12-18)24-15-25(30(29-24)13-14-31)28-26(32)33-16-23-21-7-3-1-5-19(21)20-6-2-4-8-22(20)23/h1-12,15,23,31H,13-14,16H2,(H,28,32). The Kier molecular flexibility index (Phi) is 5.98. The SMILES string of the molecule is O=C(Nc1cc(-c2ccc(Br)cc2)nn1CCO)OCC1c2ccccc2-c2ccccc21. The van der Waals surface area contributed by atoms with Crippen molar-refractivity contribution in [1.82, 2.24) is 9.78 Å². The van der Waals surface area contributed by atoms with Crippen LogP contribution >= 0.6 is 15.9 Å². The summed E-state index contributed by atoms with van der Waals surface area (Å²) in [5.41, 5.74) is 6.30. The smallest absolute Gasteiger partial charge is 0.412 e. The molecule has 0 atom stereocenters. The molecule has 1 amide bonds. The zero-order valence-corrected chi connectivity index (χ0v) is 19.3. The highest BCUT2D eigenvalue weighted by Gasteiger charge is 2.29. The highest BCUT2D eigenvalue weighted by molar-refractivity contribution is 9.10. The number of aliphatic hydroxyl groups is 1. The molecule has 1 aromatic heterocycles. The van der Waals surface area contributed by atoms with Gasteiger partial charge in [0.1, 0.15) is 12.4 Å². The van der Waals surface area contributed by atoms with E-state index in [1.165, 1.54) is 11.1 Å². The molecule has 166 valence electrons. The monoisotopic (exact) mass is 503 g/mol. The number of fused-ring (bicyclic) bond motifs is 3. The van der Waals surface area contributed by atoms with Gasteiger partial charge in [0.25, 0.3) is 0 Å². The number of aliphatic hydroxyl groups excluding tert-OH is 1. The predicted molar refractivity (Wildman–Crippen MR) is 131 cm³/mol. The van der Waals surface area contributed by atoms with Gasteiger partial charge in [-0.2, -0.15) is 5.10 Å². The molecule has 7 heteroatoms. The van der Waals surface area contributed by atoms with E-state index in [9.17, 15) is 9.90 Å². The summed E-state index contributed by atoms with van der Waals surface area (Å²) in [6.07, 6.45) is -0.557. The summed E-state index contributed by atoms with van der Waals surface area (Å²) in [4.78, 5) is 12.7. The molecule has 2 N–H and O–H groups in total. The average Bonchev–Trinajstić information content (AvgIpc) is 3.37. The second-order valence-corrected chi connectivity index (χ2v) is 8.73. The van der Waals surface area contributed by atoms with Gasteiger partial charge in [-0.05, 0) is 34.4 Å². The van der Waals surface area contributed by atoms with Crippen LogP contribution in [0.1, 0.15) is 17.0 Å². The number of halogens is 1. The van der Waals surface area contributed by atoms with E-state index in [4.69, 9.17) is 4.74 Å². The second-order valence-electron chi connectivity index (χ2n) is 7.82. The molecular weight excluding hydrogens is 482 g/mol. The van der Waals surface area contributed by atoms with Crippen LogP contribution in [0, 0.1) is 0 Å². The first-order chi connectivity index (χ1) is 16.1. The number of hydrogen-bond acceptors (Lipinski definition) is 4. The molecule has 0 bridgehead atoms. The van der Waals surface area contributed by atoms with Crippen LogP contribution in [0.4, 0.5) is 10.6 Å². The van der Waals surface area contributed by atoms with E-state index in [1.54, 1.807) is 10.7 Å². The van der Waals surface area contributed by atoms with Gasteiger partial charge in [0, 0.05) is 22.0 Å². The Balaban J connectivity index is 1.32. The van der Waals surface area contributed by atoms with Gasteiger partial charge < -0.3 is 9.84 Å². The van der Waals surface area contributed by atoms with Gasteiger partial charge in [-0.15, -0.1) is 0 Å². The fourth-order valence-electron chi connectivity index (χ4n) is 4.28. The van der Waals surface area contributed by atoms with Gasteiger partial charge in [0.2, 0.25) is 0 Å². The molecule has 3 aromatic carbocycles. The number of ether oxygens (including phenoxy) is 1. The number of anilines is 1. The number of hydrogen-bond donors (Lipinski definition) is 2. The van der Waals surface area contributed by atoms with Crippen LogP contribution in [0.2, 0.25) is 0 Å². The fraction of sp³-hybridized carbons (Fsp3) is 0.154. The molecule has 1 aliphatic rings. The number of carbonyl (C=O) groups is 1. The quantitative estimate of drug-likeness (QED) is 0.355. The van der Waals surface area contributed by atoms with Crippen molar-refractivity contribution in [2.75, 3.05) is 18.5 Å². The van der Waals surface area contributed by atoms with Gasteiger partial charge in [-0.3, -0.25) is 5.32 Å². The Bertz CT molecular complexity index is 1250. The Morgan fingerprint density at radius 1 is 1.00 bits per heavy atom. The van der Waals surface area contributed by atoms with Crippen molar-refractivity contribution >= 4 is 27.8 Å². The topological polar surface area (TPSA) is 76.4 Å². The third-order valence-corrected chi connectivity index (χ3v) is 6.33. The van der Waals surface area contributed by atoms with Crippen molar-refractivity contribution in [1.29, 1.82) is 0 Å². The van der Waals surface area contributed by atoms with E-state index < -0.39 is 6.09 Å². The molecule has 0 unspecified atom stereocenters. The number of nitrogens with zero attached hydrogens (tertiary/aromatic N) is 2. The Morgan fingerprint density at radius 2 is 1.64 bits per heavy atom. The summed E-state index contributed by atoms with van der Waals surface area (Å²) in [5.74, 6) is 0.461. The van der Waals surface area contributed by atoms with Gasteiger partial charge in [0.15, 0.2) is 0 Å². The van der Waals surface area contributed by atoms with E-state index >= 15 is 0 Å². The molecule has 0 spiro atoms. The zero-order chi connectivity index (χ0) is 22.8. The van der Waals surface area contributed by atoms with Crippen LogP contribution < -0.4 is 5.32 Å². The second kappa shape index (κ2) is 9.21. The Morgan fingerprint density at radius 3 is 2.27 bits per heavy atom. The van der Waals surface area contributed by atoms with E-state index in [-0.39, 0.29) is 25.7 Å². The Labute approximate surface area is 200 Å². The van der Waals surface area contributed by atoms with E-state index in [0.29, 0.717) is 11.5 Å². The third kappa shape index (κ3) is 4.29. The maximum absolute atomic E-state index is 12.7. The van der Waals surface area contributed by atoms with Gasteiger partial charge in [0.05, 0.1) is 18.8 Å². The van der Waals surface area contributed by atoms with Crippen LogP contribution in [0.5, 0.6) is 0 Å². The minimum absolute atomic E-state index is 0.0103. The molecule has 33 heavy (non-hydrogen) atoms. The lowest BCUT2D eigenvalue weighted by Gasteiger charge is -2.15. The molecule has 6 nitrogen and oxygen atoms in total. The van der Waals surface area contributed by atoms with Crippen LogP contribution in [0.15, 0.2) is 83.3 Å². The highest BCUT2D eigenvalue weighted by atomic mass is 79.9. The summed E-state index contributed by atoms with van der Waals surface area (Å²) in [6, 6.07) is 26.0. The van der Waals surface area contributed by atoms with Crippen LogP contribution in [0.3, 0.4) is 0 Å². The third-order valence-electron chi connectivity index (χ3n) is 5.81. The summed E-state index contributed by atoms with van der Waals surface area (Å²) < 4.78 is 8.19. The van der Waals surface area contributed by atoms with E-state index in [1.807, 2.05) is 48.5 Å². The molecule has 1 heterocycles. The largest absolute Gasteiger partial charge is 0.448 e. The maximum Gasteiger partial charge on any atom is 0.412 e. The molecule has 1 aliphatic carbocycles. The number of aromatic nitrogens is 2. The molecule has 0 radical (unpaired) electrons. The van der Waals surface area contributed by atoms with Crippen LogP contribution in [0.25, 0.3) is 22.4 Å². The normalized spacial score (nSPS) is 12.3. The van der Waals surface area contributed by atoms with Crippen molar-refractivity contribution < 1.29 is 14.6 Å². The number of rotatable bonds is 6. The minimum Gasteiger partial charge on any atom is -0.448 e. The van der Waals surface area contributed by atoms with E-state index in [2.05, 4.69) is 50.6 Å². The number of nitrogens with one attached hydrogen (secondary N) is 1. The van der Waals surface area contributed by atoms with Gasteiger partial charge in [-0.1, -0.05) is 76.6 Å². The molecule has 0 saturated carbocycles. The fourth-order valence-corrected chi connectivity index (χ4v) is 4.55. The predicted octanol–water partition coefficient (Wildman–Crippen LogP) is 5.67. The lowest BCUT2D eigenvalue weighted by Crippen LogP contribution is -2.20. The molecule has 4 aromatic rings. The average molecular weight is 504 g/mol. The molecular formula is C26H22BrN3O3. The van der Waals surface area contributed by atoms with Crippen molar-refractivity contribution in [3.63, 3.8) is 0 Å². The summed E-state index contributed by atoms with van der Waals surface area (Å²) in [6.45, 7) is 0.393. The van der Waals surface area contributed by atoms with Gasteiger partial charge >= 0.3 is 6.09 Å². The molecule has 5 rings (SSSR count). The summed E-state index contributed by atoms with van der Waals surface area (Å²) in [5, 5.41) is 16.7. The number of carbonyl (C=O) groups excluding carboxylic acids is 1. The molecule has 0 fully saturated rings. The van der Waals surface area contributed by atoms with Crippen molar-refractivity contribution in [2.45, 2.75) is 12.5 Å². The van der Waals surface area contributed by atoms with Crippen molar-refractivity contribution in [3.05, 3.63) is 94.5 Å². The van der Waals surface area contributed by atoms with Crippen LogP contribution in [-0.2, 0) is 11.3 Å². The van der Waals surface area contributed by atoms with Crippen molar-refractivity contribution in [2.24, 2.45) is 0 Å². The summed E-state index contributed by atoms with van der Waals surface area (Å²) >= 11 is 3.43. The Hall–Kier alpha value is -3.42. The summed E-state index contributed by atoms with van der Waals surface area (Å²) in [7, 11) is 0. The zero-order valence-electron chi connectivity index (χ0n) is 17.7. The minimum atomic E-state index is -0.557. The van der Waals surface area contributed by atoms with Gasteiger partial charge in [-0.25, -0.2) is 9.48 Å². The lowest BCUT2D eigenvalue weighted by molar-refractivity contribution is 0.158. The van der Waals surface area contributed by atoms with Crippen LogP contribution in [-0.4, -0.2) is 34.2 Å². The first kappa shape index (κ1) is 21.4. The first-order valence-corrected chi connectivity index (χ1v) is 11.5. The van der Waals surface area contributed by atoms with E-state index in [0.717, 1.165) is 21.2 Å². The lowest BCUT2D eigenvalue weighted by atomic mass is 9.98. The number of benzene rings is 3. The molecule has 0 aliphatic heterocycles. The number of amides is 1. The van der Waals surface area contributed by atoms with Crippen molar-refractivity contribution in [3.8, 4) is 22.4 Å². The maximum atomic E-state index is 12.7. The molecule has 0 saturated heterocycles.